The largest absolute Gasteiger partial charge is 0.248 e. The molecule has 3 aromatic carbocycles. The van der Waals surface area contributed by atoms with Crippen LogP contribution in [0.3, 0.4) is 0 Å². The van der Waals surface area contributed by atoms with Crippen LogP contribution in [-0.4, -0.2) is 9.97 Å². The number of fused-ring (bicyclic) bond motifs is 2. The van der Waals surface area contributed by atoms with Crippen LogP contribution < -0.4 is 0 Å². The number of nitrogens with zero attached hydrogens (tertiary/aromatic N) is 2. The van der Waals surface area contributed by atoms with Gasteiger partial charge in [-0.1, -0.05) is 98.0 Å². The molecule has 5 aromatic rings. The summed E-state index contributed by atoms with van der Waals surface area (Å²) < 4.78 is 0. The molecule has 0 fully saturated rings. The molecule has 1 aliphatic carbocycles. The SMILES string of the molecule is CC1C=CC=CC(c2ccc3ccc(-c4ccc5nc(-c6ccccc6)ccc5c4)cc3n2)=C1. The van der Waals surface area contributed by atoms with Gasteiger partial charge in [0.2, 0.25) is 0 Å². The fourth-order valence-electron chi connectivity index (χ4n) is 4.50. The first-order chi connectivity index (χ1) is 16.7. The first-order valence-corrected chi connectivity index (χ1v) is 11.7. The van der Waals surface area contributed by atoms with Crippen molar-refractivity contribution in [3.63, 3.8) is 0 Å². The van der Waals surface area contributed by atoms with Crippen molar-refractivity contribution >= 4 is 27.4 Å². The highest BCUT2D eigenvalue weighted by atomic mass is 14.7. The Morgan fingerprint density at radius 1 is 0.588 bits per heavy atom. The Morgan fingerprint density at radius 3 is 2.24 bits per heavy atom. The van der Waals surface area contributed by atoms with Gasteiger partial charge in [-0.3, -0.25) is 0 Å². The van der Waals surface area contributed by atoms with E-state index in [0.717, 1.165) is 49.9 Å². The Bertz CT molecular complexity index is 1610. The minimum absolute atomic E-state index is 0.391. The Hall–Kier alpha value is -4.30. The molecule has 0 saturated heterocycles. The van der Waals surface area contributed by atoms with E-state index < -0.39 is 0 Å². The molecule has 34 heavy (non-hydrogen) atoms. The van der Waals surface area contributed by atoms with E-state index in [1.54, 1.807) is 0 Å². The molecule has 0 amide bonds. The van der Waals surface area contributed by atoms with Gasteiger partial charge in [0.15, 0.2) is 0 Å². The number of rotatable bonds is 3. The van der Waals surface area contributed by atoms with Crippen molar-refractivity contribution in [2.75, 3.05) is 0 Å². The van der Waals surface area contributed by atoms with Gasteiger partial charge in [-0.05, 0) is 52.9 Å². The number of hydrogen-bond acceptors (Lipinski definition) is 2. The van der Waals surface area contributed by atoms with E-state index in [1.165, 1.54) is 5.56 Å². The van der Waals surface area contributed by atoms with Crippen LogP contribution in [0.1, 0.15) is 12.6 Å². The normalized spacial score (nSPS) is 15.4. The number of benzene rings is 3. The summed E-state index contributed by atoms with van der Waals surface area (Å²) >= 11 is 0. The maximum absolute atomic E-state index is 5.01. The van der Waals surface area contributed by atoms with Crippen molar-refractivity contribution in [3.05, 3.63) is 127 Å². The molecule has 0 saturated carbocycles. The van der Waals surface area contributed by atoms with E-state index in [1.807, 2.05) is 18.2 Å². The fourth-order valence-corrected chi connectivity index (χ4v) is 4.50. The van der Waals surface area contributed by atoms with Crippen molar-refractivity contribution in [2.24, 2.45) is 5.92 Å². The Balaban J connectivity index is 1.37. The molecule has 2 aromatic heterocycles. The lowest BCUT2D eigenvalue weighted by Crippen LogP contribution is -1.91. The minimum atomic E-state index is 0.391. The van der Waals surface area contributed by atoms with Crippen LogP contribution in [0.5, 0.6) is 0 Å². The molecular formula is C32H24N2. The first-order valence-electron chi connectivity index (χ1n) is 11.7. The Labute approximate surface area is 199 Å². The zero-order chi connectivity index (χ0) is 22.9. The summed E-state index contributed by atoms with van der Waals surface area (Å²) in [6, 6.07) is 31.8. The van der Waals surface area contributed by atoms with Gasteiger partial charge >= 0.3 is 0 Å². The van der Waals surface area contributed by atoms with Crippen molar-refractivity contribution in [1.29, 1.82) is 0 Å². The number of pyridine rings is 2. The van der Waals surface area contributed by atoms with Crippen LogP contribution in [0.25, 0.3) is 49.8 Å². The molecule has 0 spiro atoms. The van der Waals surface area contributed by atoms with Crippen molar-refractivity contribution in [3.8, 4) is 22.4 Å². The summed E-state index contributed by atoms with van der Waals surface area (Å²) in [4.78, 5) is 9.89. The third-order valence-electron chi connectivity index (χ3n) is 6.32. The lowest BCUT2D eigenvalue weighted by molar-refractivity contribution is 0.944. The van der Waals surface area contributed by atoms with Crippen molar-refractivity contribution in [1.82, 2.24) is 9.97 Å². The standard InChI is InChI=1S/C32H24N2/c1-22-7-5-6-10-27(19-22)30-16-13-24-11-12-26(21-32(24)34-30)25-14-17-31-28(20-25)15-18-29(33-31)23-8-3-2-4-9-23/h2-22H,1H3. The molecule has 2 nitrogen and oxygen atoms in total. The summed E-state index contributed by atoms with van der Waals surface area (Å²) in [7, 11) is 0. The molecular weight excluding hydrogens is 412 g/mol. The van der Waals surface area contributed by atoms with Gasteiger partial charge < -0.3 is 0 Å². The molecule has 0 N–H and O–H groups in total. The van der Waals surface area contributed by atoms with Crippen LogP contribution in [0, 0.1) is 5.92 Å². The Kier molecular flexibility index (Phi) is 5.12. The quantitative estimate of drug-likeness (QED) is 0.284. The van der Waals surface area contributed by atoms with Gasteiger partial charge in [0.25, 0.3) is 0 Å². The topological polar surface area (TPSA) is 25.8 Å². The second-order valence-electron chi connectivity index (χ2n) is 8.80. The average molecular weight is 437 g/mol. The van der Waals surface area contributed by atoms with E-state index >= 15 is 0 Å². The van der Waals surface area contributed by atoms with Gasteiger partial charge in [-0.2, -0.15) is 0 Å². The summed E-state index contributed by atoms with van der Waals surface area (Å²) in [5, 5.41) is 2.28. The number of aromatic nitrogens is 2. The molecule has 0 bridgehead atoms. The maximum atomic E-state index is 5.01. The lowest BCUT2D eigenvalue weighted by atomic mass is 10.00. The second kappa shape index (κ2) is 8.57. The van der Waals surface area contributed by atoms with E-state index in [2.05, 4.69) is 110 Å². The van der Waals surface area contributed by atoms with Crippen LogP contribution in [0.15, 0.2) is 121 Å². The van der Waals surface area contributed by atoms with Gasteiger partial charge in [-0.25, -0.2) is 9.97 Å². The smallest absolute Gasteiger partial charge is 0.0715 e. The van der Waals surface area contributed by atoms with E-state index in [-0.39, 0.29) is 0 Å². The zero-order valence-electron chi connectivity index (χ0n) is 19.0. The van der Waals surface area contributed by atoms with Gasteiger partial charge in [0, 0.05) is 16.3 Å². The van der Waals surface area contributed by atoms with E-state index in [0.29, 0.717) is 5.92 Å². The number of hydrogen-bond donors (Lipinski definition) is 0. The first kappa shape index (κ1) is 20.3. The molecule has 2 heterocycles. The van der Waals surface area contributed by atoms with E-state index in [4.69, 9.17) is 9.97 Å². The van der Waals surface area contributed by atoms with Crippen LogP contribution in [0.2, 0.25) is 0 Å². The van der Waals surface area contributed by atoms with Crippen LogP contribution in [0.4, 0.5) is 0 Å². The highest BCUT2D eigenvalue weighted by Gasteiger charge is 2.08. The molecule has 6 rings (SSSR count). The monoisotopic (exact) mass is 436 g/mol. The minimum Gasteiger partial charge on any atom is -0.248 e. The summed E-state index contributed by atoms with van der Waals surface area (Å²) in [6.07, 6.45) is 10.8. The predicted octanol–water partition coefficient (Wildman–Crippen LogP) is 8.26. The Morgan fingerprint density at radius 2 is 1.32 bits per heavy atom. The maximum Gasteiger partial charge on any atom is 0.0715 e. The summed E-state index contributed by atoms with van der Waals surface area (Å²) in [5.41, 5.74) is 8.63. The summed E-state index contributed by atoms with van der Waals surface area (Å²) in [5.74, 6) is 0.391. The predicted molar refractivity (Wildman–Crippen MR) is 143 cm³/mol. The zero-order valence-corrected chi connectivity index (χ0v) is 19.0. The van der Waals surface area contributed by atoms with Crippen LogP contribution >= 0.6 is 0 Å². The number of allylic oxidation sites excluding steroid dienone is 6. The second-order valence-corrected chi connectivity index (χ2v) is 8.80. The molecule has 162 valence electrons. The van der Waals surface area contributed by atoms with Gasteiger partial charge in [0.05, 0.1) is 22.4 Å². The molecule has 2 heteroatoms. The molecule has 0 aliphatic heterocycles. The molecule has 0 radical (unpaired) electrons. The summed E-state index contributed by atoms with van der Waals surface area (Å²) in [6.45, 7) is 2.19. The fraction of sp³-hybridized carbons (Fsp3) is 0.0625. The molecule has 1 aliphatic rings. The third-order valence-corrected chi connectivity index (χ3v) is 6.32. The highest BCUT2D eigenvalue weighted by Crippen LogP contribution is 2.29. The van der Waals surface area contributed by atoms with Gasteiger partial charge in [-0.15, -0.1) is 0 Å². The van der Waals surface area contributed by atoms with Gasteiger partial charge in [0.1, 0.15) is 0 Å². The average Bonchev–Trinajstić information content (AvgIpc) is 3.12. The molecule has 1 atom stereocenters. The van der Waals surface area contributed by atoms with Crippen LogP contribution in [-0.2, 0) is 0 Å². The van der Waals surface area contributed by atoms with Crippen molar-refractivity contribution < 1.29 is 0 Å². The van der Waals surface area contributed by atoms with E-state index in [9.17, 15) is 0 Å². The molecule has 1 unspecified atom stereocenters. The third kappa shape index (κ3) is 3.95. The lowest BCUT2D eigenvalue weighted by Gasteiger charge is -2.09. The van der Waals surface area contributed by atoms with Crippen molar-refractivity contribution in [2.45, 2.75) is 6.92 Å². The highest BCUT2D eigenvalue weighted by molar-refractivity contribution is 5.90.